The summed E-state index contributed by atoms with van der Waals surface area (Å²) in [5.41, 5.74) is 0.707. The second-order valence-electron chi connectivity index (χ2n) is 7.54. The van der Waals surface area contributed by atoms with Gasteiger partial charge in [-0.1, -0.05) is 26.0 Å². The number of rotatable bonds is 5. The largest absolute Gasteiger partial charge is 0.348 e. The first-order valence-electron chi connectivity index (χ1n) is 8.28. The molecule has 1 atom stereocenters. The number of nitrogens with zero attached hydrogens (tertiary/aromatic N) is 3. The third kappa shape index (κ3) is 5.09. The standard InChI is InChI=1S/C16H29N5O/c1-12(5-8-16(2,3)4)18-15(22)14-11-21(20-19-14)13-6-9-17-10-7-13/h11-13,17H,5-10H2,1-4H3,(H,18,22). The molecule has 22 heavy (non-hydrogen) atoms. The number of amides is 1. The molecule has 124 valence electrons. The number of nitrogens with one attached hydrogen (secondary N) is 2. The molecule has 1 aromatic heterocycles. The lowest BCUT2D eigenvalue weighted by Crippen LogP contribution is -2.33. The van der Waals surface area contributed by atoms with Crippen LogP contribution in [0.1, 0.15) is 69.9 Å². The lowest BCUT2D eigenvalue weighted by atomic mass is 9.89. The Labute approximate surface area is 133 Å². The highest BCUT2D eigenvalue weighted by molar-refractivity contribution is 5.92. The Kier molecular flexibility index (Phi) is 5.56. The van der Waals surface area contributed by atoms with Crippen LogP contribution in [0.15, 0.2) is 6.20 Å². The van der Waals surface area contributed by atoms with Gasteiger partial charge in [0.15, 0.2) is 5.69 Å². The van der Waals surface area contributed by atoms with Gasteiger partial charge < -0.3 is 10.6 Å². The first kappa shape index (κ1) is 16.9. The van der Waals surface area contributed by atoms with E-state index in [1.165, 1.54) is 0 Å². The fraction of sp³-hybridized carbons (Fsp3) is 0.812. The van der Waals surface area contributed by atoms with Gasteiger partial charge in [-0.25, -0.2) is 4.68 Å². The molecular weight excluding hydrogens is 278 g/mol. The highest BCUT2D eigenvalue weighted by atomic mass is 16.2. The highest BCUT2D eigenvalue weighted by Gasteiger charge is 2.20. The van der Waals surface area contributed by atoms with E-state index < -0.39 is 0 Å². The molecule has 6 heteroatoms. The Morgan fingerprint density at radius 3 is 2.77 bits per heavy atom. The Morgan fingerprint density at radius 2 is 2.14 bits per heavy atom. The van der Waals surface area contributed by atoms with Crippen LogP contribution in [-0.4, -0.2) is 40.0 Å². The quantitative estimate of drug-likeness (QED) is 0.874. The lowest BCUT2D eigenvalue weighted by molar-refractivity contribution is 0.0930. The molecule has 1 aromatic rings. The smallest absolute Gasteiger partial charge is 0.273 e. The maximum Gasteiger partial charge on any atom is 0.273 e. The van der Waals surface area contributed by atoms with Crippen LogP contribution in [0.25, 0.3) is 0 Å². The van der Waals surface area contributed by atoms with Gasteiger partial charge in [-0.05, 0) is 51.1 Å². The van der Waals surface area contributed by atoms with Crippen molar-refractivity contribution in [2.75, 3.05) is 13.1 Å². The second-order valence-corrected chi connectivity index (χ2v) is 7.54. The van der Waals surface area contributed by atoms with Crippen LogP contribution in [0, 0.1) is 5.41 Å². The van der Waals surface area contributed by atoms with Crippen LogP contribution in [0.3, 0.4) is 0 Å². The van der Waals surface area contributed by atoms with E-state index in [2.05, 4.69) is 41.7 Å². The summed E-state index contributed by atoms with van der Waals surface area (Å²) in [5, 5.41) is 14.5. The van der Waals surface area contributed by atoms with Gasteiger partial charge in [0.1, 0.15) is 0 Å². The summed E-state index contributed by atoms with van der Waals surface area (Å²) in [5.74, 6) is -0.124. The van der Waals surface area contributed by atoms with Crippen molar-refractivity contribution in [2.24, 2.45) is 5.41 Å². The predicted molar refractivity (Wildman–Crippen MR) is 86.8 cm³/mol. The molecule has 2 heterocycles. The molecule has 2 N–H and O–H groups in total. The molecule has 1 aliphatic heterocycles. The third-order valence-electron chi connectivity index (χ3n) is 4.13. The van der Waals surface area contributed by atoms with Gasteiger partial charge in [0.05, 0.1) is 12.2 Å². The van der Waals surface area contributed by atoms with E-state index in [1.807, 2.05) is 11.6 Å². The summed E-state index contributed by atoms with van der Waals surface area (Å²) < 4.78 is 1.84. The molecule has 0 saturated carbocycles. The molecule has 0 radical (unpaired) electrons. The first-order valence-corrected chi connectivity index (χ1v) is 8.28. The van der Waals surface area contributed by atoms with Crippen molar-refractivity contribution in [2.45, 2.75) is 65.5 Å². The van der Waals surface area contributed by atoms with E-state index in [0.29, 0.717) is 11.7 Å². The minimum atomic E-state index is -0.124. The van der Waals surface area contributed by atoms with Gasteiger partial charge in [-0.3, -0.25) is 4.79 Å². The van der Waals surface area contributed by atoms with E-state index in [-0.39, 0.29) is 17.4 Å². The molecule has 1 saturated heterocycles. The molecule has 0 bridgehead atoms. The fourth-order valence-corrected chi connectivity index (χ4v) is 2.65. The van der Waals surface area contributed by atoms with Crippen molar-refractivity contribution in [3.8, 4) is 0 Å². The number of hydrogen-bond donors (Lipinski definition) is 2. The van der Waals surface area contributed by atoms with Gasteiger partial charge in [-0.2, -0.15) is 0 Å². The van der Waals surface area contributed by atoms with Crippen LogP contribution in [0.2, 0.25) is 0 Å². The Morgan fingerprint density at radius 1 is 1.45 bits per heavy atom. The number of carbonyl (C=O) groups is 1. The molecule has 2 rings (SSSR count). The van der Waals surface area contributed by atoms with Crippen molar-refractivity contribution < 1.29 is 4.79 Å². The number of carbonyl (C=O) groups excluding carboxylic acids is 1. The summed E-state index contributed by atoms with van der Waals surface area (Å²) >= 11 is 0. The zero-order chi connectivity index (χ0) is 16.2. The monoisotopic (exact) mass is 307 g/mol. The number of hydrogen-bond acceptors (Lipinski definition) is 4. The fourth-order valence-electron chi connectivity index (χ4n) is 2.65. The minimum absolute atomic E-state index is 0.124. The molecular formula is C16H29N5O. The maximum atomic E-state index is 12.2. The topological polar surface area (TPSA) is 71.8 Å². The zero-order valence-electron chi connectivity index (χ0n) is 14.2. The summed E-state index contributed by atoms with van der Waals surface area (Å²) in [6.07, 6.45) is 5.90. The molecule has 0 aromatic carbocycles. The van der Waals surface area contributed by atoms with Gasteiger partial charge in [0, 0.05) is 6.04 Å². The Balaban J connectivity index is 1.86. The minimum Gasteiger partial charge on any atom is -0.348 e. The van der Waals surface area contributed by atoms with Gasteiger partial charge in [-0.15, -0.1) is 5.10 Å². The summed E-state index contributed by atoms with van der Waals surface area (Å²) in [4.78, 5) is 12.2. The normalized spacial score (nSPS) is 18.2. The van der Waals surface area contributed by atoms with Crippen LogP contribution in [0.5, 0.6) is 0 Å². The van der Waals surface area contributed by atoms with Crippen LogP contribution in [-0.2, 0) is 0 Å². The average molecular weight is 307 g/mol. The molecule has 0 spiro atoms. The molecule has 0 aliphatic carbocycles. The summed E-state index contributed by atoms with van der Waals surface area (Å²) in [7, 11) is 0. The van der Waals surface area contributed by atoms with Crippen molar-refractivity contribution in [1.29, 1.82) is 0 Å². The van der Waals surface area contributed by atoms with Crippen LogP contribution in [0.4, 0.5) is 0 Å². The van der Waals surface area contributed by atoms with E-state index in [1.54, 1.807) is 6.20 Å². The number of piperidine rings is 1. The zero-order valence-corrected chi connectivity index (χ0v) is 14.2. The van der Waals surface area contributed by atoms with E-state index in [0.717, 1.165) is 38.8 Å². The van der Waals surface area contributed by atoms with Crippen LogP contribution >= 0.6 is 0 Å². The van der Waals surface area contributed by atoms with Crippen molar-refractivity contribution >= 4 is 5.91 Å². The van der Waals surface area contributed by atoms with Crippen molar-refractivity contribution in [1.82, 2.24) is 25.6 Å². The van der Waals surface area contributed by atoms with Crippen molar-refractivity contribution in [3.05, 3.63) is 11.9 Å². The van der Waals surface area contributed by atoms with Gasteiger partial charge >= 0.3 is 0 Å². The predicted octanol–water partition coefficient (Wildman–Crippen LogP) is 2.15. The second kappa shape index (κ2) is 7.22. The number of aromatic nitrogens is 3. The Hall–Kier alpha value is -1.43. The molecule has 1 unspecified atom stereocenters. The maximum absolute atomic E-state index is 12.2. The summed E-state index contributed by atoms with van der Waals surface area (Å²) in [6.45, 7) is 10.7. The van der Waals surface area contributed by atoms with E-state index in [9.17, 15) is 4.79 Å². The van der Waals surface area contributed by atoms with Gasteiger partial charge in [0.2, 0.25) is 0 Å². The third-order valence-corrected chi connectivity index (χ3v) is 4.13. The SMILES string of the molecule is CC(CCC(C)(C)C)NC(=O)c1cn(C2CCNCC2)nn1. The molecule has 1 fully saturated rings. The van der Waals surface area contributed by atoms with E-state index in [4.69, 9.17) is 0 Å². The molecule has 1 aliphatic rings. The first-order chi connectivity index (χ1) is 10.3. The average Bonchev–Trinajstić information content (AvgIpc) is 2.95. The molecule has 6 nitrogen and oxygen atoms in total. The Bertz CT molecular complexity index is 485. The van der Waals surface area contributed by atoms with Crippen molar-refractivity contribution in [3.63, 3.8) is 0 Å². The van der Waals surface area contributed by atoms with E-state index >= 15 is 0 Å². The summed E-state index contributed by atoms with van der Waals surface area (Å²) in [6, 6.07) is 0.504. The van der Waals surface area contributed by atoms with Gasteiger partial charge in [0.25, 0.3) is 5.91 Å². The lowest BCUT2D eigenvalue weighted by Gasteiger charge is -2.22. The molecule has 1 amide bonds. The highest BCUT2D eigenvalue weighted by Crippen LogP contribution is 2.21. The van der Waals surface area contributed by atoms with Crippen LogP contribution < -0.4 is 10.6 Å².